The fourth-order valence-electron chi connectivity index (χ4n) is 1.40. The highest BCUT2D eigenvalue weighted by atomic mass is 19.2. The highest BCUT2D eigenvalue weighted by Crippen LogP contribution is 2.16. The molecule has 0 radical (unpaired) electrons. The summed E-state index contributed by atoms with van der Waals surface area (Å²) in [5.41, 5.74) is 0.600. The molecule has 5 heteroatoms. The van der Waals surface area contributed by atoms with E-state index in [1.165, 1.54) is 6.07 Å². The number of rotatable bonds is 3. The maximum Gasteiger partial charge on any atom is 0.220 e. The number of hydrogen-bond acceptors (Lipinski definition) is 3. The van der Waals surface area contributed by atoms with Crippen molar-refractivity contribution in [2.24, 2.45) is 0 Å². The van der Waals surface area contributed by atoms with Crippen LogP contribution in [0.3, 0.4) is 0 Å². The largest absolute Gasteiger partial charge is 0.425 e. The molecule has 0 saturated heterocycles. The van der Waals surface area contributed by atoms with E-state index < -0.39 is 11.6 Å². The molecule has 0 saturated carbocycles. The van der Waals surface area contributed by atoms with E-state index in [2.05, 4.69) is 10.2 Å². The van der Waals surface area contributed by atoms with Gasteiger partial charge in [0.1, 0.15) is 0 Å². The maximum atomic E-state index is 13.0. The molecule has 0 bridgehead atoms. The molecule has 2 rings (SSSR count). The molecule has 17 heavy (non-hydrogen) atoms. The van der Waals surface area contributed by atoms with E-state index in [1.807, 2.05) is 13.8 Å². The molecule has 2 aromatic rings. The predicted molar refractivity (Wildman–Crippen MR) is 57.6 cm³/mol. The summed E-state index contributed by atoms with van der Waals surface area (Å²) in [7, 11) is 0. The zero-order chi connectivity index (χ0) is 12.4. The van der Waals surface area contributed by atoms with Crippen LogP contribution in [0, 0.1) is 11.6 Å². The minimum Gasteiger partial charge on any atom is -0.425 e. The van der Waals surface area contributed by atoms with Crippen molar-refractivity contribution in [2.75, 3.05) is 0 Å². The first-order chi connectivity index (χ1) is 8.06. The molecule has 0 aliphatic rings. The number of hydrogen-bond donors (Lipinski definition) is 0. The van der Waals surface area contributed by atoms with Crippen LogP contribution in [-0.4, -0.2) is 10.2 Å². The predicted octanol–water partition coefficient (Wildman–Crippen LogP) is 3.06. The molecule has 1 heterocycles. The second kappa shape index (κ2) is 4.61. The molecular formula is C12H12F2N2O. The van der Waals surface area contributed by atoms with Crippen molar-refractivity contribution >= 4 is 0 Å². The van der Waals surface area contributed by atoms with E-state index >= 15 is 0 Å². The summed E-state index contributed by atoms with van der Waals surface area (Å²) in [5, 5.41) is 7.72. The molecular weight excluding hydrogens is 226 g/mol. The number of benzene rings is 1. The fraction of sp³-hybridized carbons (Fsp3) is 0.333. The van der Waals surface area contributed by atoms with Gasteiger partial charge in [0.2, 0.25) is 11.8 Å². The van der Waals surface area contributed by atoms with Crippen LogP contribution in [0.5, 0.6) is 0 Å². The van der Waals surface area contributed by atoms with Gasteiger partial charge in [-0.2, -0.15) is 0 Å². The van der Waals surface area contributed by atoms with Gasteiger partial charge in [-0.25, -0.2) is 8.78 Å². The van der Waals surface area contributed by atoms with Crippen LogP contribution in [0.25, 0.3) is 0 Å². The molecule has 0 unspecified atom stereocenters. The molecule has 0 aliphatic carbocycles. The van der Waals surface area contributed by atoms with Gasteiger partial charge in [-0.3, -0.25) is 0 Å². The van der Waals surface area contributed by atoms with Gasteiger partial charge in [0.15, 0.2) is 11.6 Å². The fourth-order valence-corrected chi connectivity index (χ4v) is 1.40. The molecule has 3 nitrogen and oxygen atoms in total. The Morgan fingerprint density at radius 2 is 1.94 bits per heavy atom. The normalized spacial score (nSPS) is 11.1. The number of aromatic nitrogens is 2. The maximum absolute atomic E-state index is 13.0. The van der Waals surface area contributed by atoms with Crippen LogP contribution in [0.4, 0.5) is 8.78 Å². The Balaban J connectivity index is 2.16. The van der Waals surface area contributed by atoms with Crippen molar-refractivity contribution in [3.63, 3.8) is 0 Å². The van der Waals surface area contributed by atoms with Gasteiger partial charge in [-0.1, -0.05) is 19.9 Å². The van der Waals surface area contributed by atoms with Gasteiger partial charge >= 0.3 is 0 Å². The van der Waals surface area contributed by atoms with Crippen LogP contribution >= 0.6 is 0 Å². The standard InChI is InChI=1S/C12H12F2N2O/c1-7(2)12-16-15-11(17-12)6-8-3-4-9(13)10(14)5-8/h3-5,7H,6H2,1-2H3. The molecule has 90 valence electrons. The Kier molecular flexibility index (Phi) is 3.17. The van der Waals surface area contributed by atoms with Crippen molar-refractivity contribution in [1.29, 1.82) is 0 Å². The third-order valence-corrected chi connectivity index (χ3v) is 2.32. The Hall–Kier alpha value is -1.78. The van der Waals surface area contributed by atoms with Crippen LogP contribution in [0.2, 0.25) is 0 Å². The smallest absolute Gasteiger partial charge is 0.220 e. The van der Waals surface area contributed by atoms with Crippen molar-refractivity contribution in [3.05, 3.63) is 47.2 Å². The summed E-state index contributed by atoms with van der Waals surface area (Å²) in [6.07, 6.45) is 0.302. The monoisotopic (exact) mass is 238 g/mol. The number of nitrogens with zero attached hydrogens (tertiary/aromatic N) is 2. The van der Waals surface area contributed by atoms with Crippen molar-refractivity contribution < 1.29 is 13.2 Å². The number of halogens is 2. The summed E-state index contributed by atoms with van der Waals surface area (Å²) in [6, 6.07) is 3.72. The Morgan fingerprint density at radius 1 is 1.18 bits per heavy atom. The van der Waals surface area contributed by atoms with Crippen molar-refractivity contribution in [1.82, 2.24) is 10.2 Å². The molecule has 0 atom stereocenters. The Morgan fingerprint density at radius 3 is 2.53 bits per heavy atom. The van der Waals surface area contributed by atoms with Gasteiger partial charge in [-0.05, 0) is 17.7 Å². The highest BCUT2D eigenvalue weighted by Gasteiger charge is 2.11. The van der Waals surface area contributed by atoms with Crippen LogP contribution in [0.1, 0.15) is 37.1 Å². The summed E-state index contributed by atoms with van der Waals surface area (Å²) in [5.74, 6) is -0.628. The van der Waals surface area contributed by atoms with Crippen molar-refractivity contribution in [3.8, 4) is 0 Å². The van der Waals surface area contributed by atoms with E-state index in [9.17, 15) is 8.78 Å². The summed E-state index contributed by atoms with van der Waals surface area (Å²) >= 11 is 0. The second-order valence-electron chi connectivity index (χ2n) is 4.11. The average molecular weight is 238 g/mol. The lowest BCUT2D eigenvalue weighted by Crippen LogP contribution is -1.91. The zero-order valence-electron chi connectivity index (χ0n) is 9.58. The lowest BCUT2D eigenvalue weighted by Gasteiger charge is -1.98. The van der Waals surface area contributed by atoms with E-state index in [4.69, 9.17) is 4.42 Å². The Labute approximate surface area is 97.5 Å². The second-order valence-corrected chi connectivity index (χ2v) is 4.11. The van der Waals surface area contributed by atoms with E-state index in [0.717, 1.165) is 12.1 Å². The molecule has 0 amide bonds. The van der Waals surface area contributed by atoms with E-state index in [1.54, 1.807) is 0 Å². The molecule has 0 N–H and O–H groups in total. The van der Waals surface area contributed by atoms with Gasteiger partial charge < -0.3 is 4.42 Å². The first kappa shape index (κ1) is 11.7. The summed E-state index contributed by atoms with van der Waals surface area (Å²) in [6.45, 7) is 3.88. The van der Waals surface area contributed by atoms with Crippen LogP contribution in [0.15, 0.2) is 22.6 Å². The topological polar surface area (TPSA) is 38.9 Å². The van der Waals surface area contributed by atoms with Crippen LogP contribution < -0.4 is 0 Å². The lowest BCUT2D eigenvalue weighted by molar-refractivity contribution is 0.438. The quantitative estimate of drug-likeness (QED) is 0.824. The van der Waals surface area contributed by atoms with Crippen molar-refractivity contribution in [2.45, 2.75) is 26.2 Å². The lowest BCUT2D eigenvalue weighted by atomic mass is 10.1. The Bertz CT molecular complexity index is 523. The molecule has 1 aromatic carbocycles. The van der Waals surface area contributed by atoms with Gasteiger partial charge in [0.05, 0.1) is 6.42 Å². The minimum absolute atomic E-state index is 0.154. The molecule has 0 spiro atoms. The first-order valence-corrected chi connectivity index (χ1v) is 5.32. The first-order valence-electron chi connectivity index (χ1n) is 5.32. The SMILES string of the molecule is CC(C)c1nnc(Cc2ccc(F)c(F)c2)o1. The molecule has 1 aromatic heterocycles. The third kappa shape index (κ3) is 2.67. The highest BCUT2D eigenvalue weighted by molar-refractivity contribution is 5.20. The van der Waals surface area contributed by atoms with Gasteiger partial charge in [0, 0.05) is 5.92 Å². The van der Waals surface area contributed by atoms with E-state index in [0.29, 0.717) is 23.8 Å². The van der Waals surface area contributed by atoms with E-state index in [-0.39, 0.29) is 5.92 Å². The minimum atomic E-state index is -0.869. The molecule has 0 aliphatic heterocycles. The average Bonchev–Trinajstić information content (AvgIpc) is 2.72. The summed E-state index contributed by atoms with van der Waals surface area (Å²) < 4.78 is 31.1. The third-order valence-electron chi connectivity index (χ3n) is 2.32. The summed E-state index contributed by atoms with van der Waals surface area (Å²) in [4.78, 5) is 0. The van der Waals surface area contributed by atoms with Crippen LogP contribution in [-0.2, 0) is 6.42 Å². The molecule has 0 fully saturated rings. The van der Waals surface area contributed by atoms with Gasteiger partial charge in [-0.15, -0.1) is 10.2 Å². The van der Waals surface area contributed by atoms with Gasteiger partial charge in [0.25, 0.3) is 0 Å². The zero-order valence-corrected chi connectivity index (χ0v) is 9.58.